The lowest BCUT2D eigenvalue weighted by atomic mass is 9.49. The minimum atomic E-state index is 0.529. The summed E-state index contributed by atoms with van der Waals surface area (Å²) in [7, 11) is 1.31. The zero-order valence-electron chi connectivity index (χ0n) is 9.83. The van der Waals surface area contributed by atoms with E-state index in [1.165, 1.54) is 26.5 Å². The van der Waals surface area contributed by atoms with Gasteiger partial charge in [-0.05, 0) is 11.8 Å². The molecule has 0 aliphatic heterocycles. The first-order chi connectivity index (χ1) is 5.39. The highest BCUT2D eigenvalue weighted by Crippen LogP contribution is 2.42. The molecule has 0 saturated carbocycles. The van der Waals surface area contributed by atoms with Crippen molar-refractivity contribution in [2.24, 2.45) is 5.41 Å². The van der Waals surface area contributed by atoms with Crippen molar-refractivity contribution in [1.82, 2.24) is 0 Å². The second-order valence-corrected chi connectivity index (χ2v) is 5.21. The zero-order valence-corrected chi connectivity index (χ0v) is 9.83. The molecule has 1 atom stereocenters. The Morgan fingerprint density at radius 2 is 1.50 bits per heavy atom. The largest absolute Gasteiger partial charge is 0.124 e. The van der Waals surface area contributed by atoms with Gasteiger partial charge in [0.25, 0.3) is 0 Å². The van der Waals surface area contributed by atoms with Gasteiger partial charge in [0, 0.05) is 0 Å². The molecule has 0 aromatic heterocycles. The van der Waals surface area contributed by atoms with Crippen LogP contribution in [0.15, 0.2) is 0 Å². The second-order valence-electron chi connectivity index (χ2n) is 5.21. The van der Waals surface area contributed by atoms with E-state index in [0.29, 0.717) is 10.7 Å². The standard InChI is InChI=1S/C11H25B/c1-7-10(3,4)9-11(5,8-2)12-6/h12H,7-9H2,1-6H3. The topological polar surface area (TPSA) is 0 Å². The number of hydrogen-bond acceptors (Lipinski definition) is 0. The van der Waals surface area contributed by atoms with E-state index in [9.17, 15) is 0 Å². The molecule has 0 saturated heterocycles. The first kappa shape index (κ1) is 12.1. The molecule has 12 heavy (non-hydrogen) atoms. The van der Waals surface area contributed by atoms with E-state index in [0.717, 1.165) is 0 Å². The summed E-state index contributed by atoms with van der Waals surface area (Å²) in [6.45, 7) is 14.1. The Kier molecular flexibility index (Phi) is 4.37. The molecule has 0 bridgehead atoms. The summed E-state index contributed by atoms with van der Waals surface area (Å²) in [5.74, 6) is 0. The van der Waals surface area contributed by atoms with Crippen molar-refractivity contribution in [3.8, 4) is 0 Å². The first-order valence-corrected chi connectivity index (χ1v) is 5.39. The Balaban J connectivity index is 4.20. The zero-order chi connectivity index (χ0) is 9.83. The van der Waals surface area contributed by atoms with Crippen molar-refractivity contribution in [3.05, 3.63) is 0 Å². The van der Waals surface area contributed by atoms with Gasteiger partial charge in [0.2, 0.25) is 0 Å². The van der Waals surface area contributed by atoms with Crippen molar-refractivity contribution >= 4 is 7.28 Å². The quantitative estimate of drug-likeness (QED) is 0.546. The SMILES string of the molecule is CBC(C)(CC)CC(C)(C)CC. The van der Waals surface area contributed by atoms with Crippen molar-refractivity contribution in [1.29, 1.82) is 0 Å². The Morgan fingerprint density at radius 3 is 1.75 bits per heavy atom. The lowest BCUT2D eigenvalue weighted by Gasteiger charge is -2.35. The molecule has 1 unspecified atom stereocenters. The van der Waals surface area contributed by atoms with Gasteiger partial charge in [0.1, 0.15) is 7.28 Å². The molecule has 1 heteroatoms. The van der Waals surface area contributed by atoms with E-state index in [1.54, 1.807) is 0 Å². The molecule has 0 aliphatic carbocycles. The maximum Gasteiger partial charge on any atom is 0.124 e. The van der Waals surface area contributed by atoms with Gasteiger partial charge in [-0.1, -0.05) is 59.6 Å². The molecule has 72 valence electrons. The molecule has 0 aromatic carbocycles. The highest BCUT2D eigenvalue weighted by atomic mass is 14.3. The highest BCUT2D eigenvalue weighted by Gasteiger charge is 2.28. The van der Waals surface area contributed by atoms with E-state index in [4.69, 9.17) is 0 Å². The van der Waals surface area contributed by atoms with Crippen molar-refractivity contribution < 1.29 is 0 Å². The van der Waals surface area contributed by atoms with Gasteiger partial charge in [-0.25, -0.2) is 0 Å². The minimum Gasteiger partial charge on any atom is -0.0889 e. The van der Waals surface area contributed by atoms with E-state index in [1.807, 2.05) is 0 Å². The first-order valence-electron chi connectivity index (χ1n) is 5.39. The molecule has 0 radical (unpaired) electrons. The molecule has 0 amide bonds. The van der Waals surface area contributed by atoms with E-state index >= 15 is 0 Å². The van der Waals surface area contributed by atoms with Gasteiger partial charge in [-0.15, -0.1) is 0 Å². The molecule has 0 spiro atoms. The number of rotatable bonds is 5. The summed E-state index contributed by atoms with van der Waals surface area (Å²) in [4.78, 5) is 0. The molecule has 0 N–H and O–H groups in total. The Bertz CT molecular complexity index is 123. The van der Waals surface area contributed by atoms with Crippen LogP contribution < -0.4 is 0 Å². The molecule has 0 rings (SSSR count). The fourth-order valence-electron chi connectivity index (χ4n) is 1.78. The van der Waals surface area contributed by atoms with Crippen LogP contribution in [0.2, 0.25) is 12.1 Å². The normalized spacial score (nSPS) is 17.2. The summed E-state index contributed by atoms with van der Waals surface area (Å²) >= 11 is 0. The lowest BCUT2D eigenvalue weighted by molar-refractivity contribution is 0.271. The van der Waals surface area contributed by atoms with E-state index < -0.39 is 0 Å². The van der Waals surface area contributed by atoms with E-state index in [2.05, 4.69) is 41.4 Å². The van der Waals surface area contributed by atoms with Gasteiger partial charge < -0.3 is 0 Å². The van der Waals surface area contributed by atoms with Gasteiger partial charge in [0.15, 0.2) is 0 Å². The summed E-state index contributed by atoms with van der Waals surface area (Å²) in [6.07, 6.45) is 3.97. The smallest absolute Gasteiger partial charge is 0.0889 e. The predicted octanol–water partition coefficient (Wildman–Crippen LogP) is 3.89. The van der Waals surface area contributed by atoms with Crippen LogP contribution >= 0.6 is 0 Å². The summed E-state index contributed by atoms with van der Waals surface area (Å²) in [5.41, 5.74) is 0.529. The Morgan fingerprint density at radius 1 is 1.00 bits per heavy atom. The van der Waals surface area contributed by atoms with Gasteiger partial charge in [0.05, 0.1) is 0 Å². The maximum atomic E-state index is 2.42. The van der Waals surface area contributed by atoms with Crippen LogP contribution in [0.1, 0.15) is 53.9 Å². The number of hydrogen-bond donors (Lipinski definition) is 0. The van der Waals surface area contributed by atoms with Crippen LogP contribution in [0.5, 0.6) is 0 Å². The van der Waals surface area contributed by atoms with Crippen LogP contribution in [0.3, 0.4) is 0 Å². The third-order valence-corrected chi connectivity index (χ3v) is 3.57. The summed E-state index contributed by atoms with van der Waals surface area (Å²) in [6, 6.07) is 0. The Labute approximate surface area is 79.4 Å². The monoisotopic (exact) mass is 168 g/mol. The molecular weight excluding hydrogens is 143 g/mol. The fourth-order valence-corrected chi connectivity index (χ4v) is 1.78. The highest BCUT2D eigenvalue weighted by molar-refractivity contribution is 6.38. The van der Waals surface area contributed by atoms with Crippen LogP contribution in [-0.2, 0) is 0 Å². The van der Waals surface area contributed by atoms with Crippen molar-refractivity contribution in [3.63, 3.8) is 0 Å². The van der Waals surface area contributed by atoms with Crippen LogP contribution in [0.4, 0.5) is 0 Å². The molecule has 0 aromatic rings. The maximum absolute atomic E-state index is 2.42. The predicted molar refractivity (Wildman–Crippen MR) is 60.4 cm³/mol. The van der Waals surface area contributed by atoms with Gasteiger partial charge in [-0.2, -0.15) is 0 Å². The summed E-state index contributed by atoms with van der Waals surface area (Å²) in [5, 5.41) is 0.569. The second kappa shape index (κ2) is 4.34. The third kappa shape index (κ3) is 3.64. The van der Waals surface area contributed by atoms with Gasteiger partial charge in [-0.3, -0.25) is 0 Å². The lowest BCUT2D eigenvalue weighted by Crippen LogP contribution is -2.23. The van der Waals surface area contributed by atoms with Crippen molar-refractivity contribution in [2.75, 3.05) is 0 Å². The minimum absolute atomic E-state index is 0.529. The average molecular weight is 168 g/mol. The summed E-state index contributed by atoms with van der Waals surface area (Å²) < 4.78 is 0. The van der Waals surface area contributed by atoms with Crippen molar-refractivity contribution in [2.45, 2.75) is 66.0 Å². The third-order valence-electron chi connectivity index (χ3n) is 3.57. The molecular formula is C11H25B. The Hall–Kier alpha value is 0.0649. The fraction of sp³-hybridized carbons (Fsp3) is 1.00. The molecule has 0 heterocycles. The molecule has 0 nitrogen and oxygen atoms in total. The van der Waals surface area contributed by atoms with Crippen LogP contribution in [0.25, 0.3) is 0 Å². The van der Waals surface area contributed by atoms with E-state index in [-0.39, 0.29) is 0 Å². The average Bonchev–Trinajstić information content (AvgIpc) is 2.04. The van der Waals surface area contributed by atoms with Crippen LogP contribution in [0, 0.1) is 5.41 Å². The molecule has 0 aliphatic rings. The van der Waals surface area contributed by atoms with Crippen LogP contribution in [-0.4, -0.2) is 7.28 Å². The molecule has 0 fully saturated rings. The van der Waals surface area contributed by atoms with Gasteiger partial charge >= 0.3 is 0 Å².